The number of carbonyl (C=O) groups is 1. The number of amides is 1. The van der Waals surface area contributed by atoms with Gasteiger partial charge in [-0.1, -0.05) is 30.3 Å². The second-order valence-corrected chi connectivity index (χ2v) is 9.00. The molecule has 5 rings (SSSR count). The molecule has 1 aliphatic rings. The summed E-state index contributed by atoms with van der Waals surface area (Å²) in [5.41, 5.74) is 5.39. The molecule has 3 aromatic carbocycles. The zero-order chi connectivity index (χ0) is 23.7. The number of hydrogen-bond donors (Lipinski definition) is 1. The Bertz CT molecular complexity index is 1350. The van der Waals surface area contributed by atoms with E-state index in [-0.39, 0.29) is 17.7 Å². The highest BCUT2D eigenvalue weighted by Crippen LogP contribution is 2.38. The van der Waals surface area contributed by atoms with E-state index in [0.29, 0.717) is 6.42 Å². The first kappa shape index (κ1) is 22.0. The van der Waals surface area contributed by atoms with Crippen molar-refractivity contribution in [1.29, 1.82) is 0 Å². The predicted molar refractivity (Wildman–Crippen MR) is 135 cm³/mol. The largest absolute Gasteiger partial charge is 0.508 e. The minimum Gasteiger partial charge on any atom is -0.508 e. The molecular formula is C27H24N4O2S. The smallest absolute Gasteiger partial charge is 0.240 e. The second-order valence-electron chi connectivity index (χ2n) is 8.12. The van der Waals surface area contributed by atoms with Crippen molar-refractivity contribution in [3.05, 3.63) is 96.2 Å². The molecule has 0 radical (unpaired) electrons. The van der Waals surface area contributed by atoms with Crippen molar-refractivity contribution in [1.82, 2.24) is 14.8 Å². The SMILES string of the molecule is CSc1ccc(-c2nn(-c3ccccc3)cc2C2CC(c3ccc(O)cc3)=NN2C(C)=O)cc1. The molecule has 170 valence electrons. The lowest BCUT2D eigenvalue weighted by molar-refractivity contribution is -0.130. The molecular weight excluding hydrogens is 444 g/mol. The van der Waals surface area contributed by atoms with Crippen LogP contribution in [0.4, 0.5) is 0 Å². The number of para-hydroxylation sites is 1. The molecule has 1 unspecified atom stereocenters. The van der Waals surface area contributed by atoms with E-state index in [1.807, 2.05) is 53.3 Å². The maximum atomic E-state index is 12.6. The number of thioether (sulfide) groups is 1. The van der Waals surface area contributed by atoms with Gasteiger partial charge in [0.2, 0.25) is 5.91 Å². The molecule has 0 saturated carbocycles. The van der Waals surface area contributed by atoms with Gasteiger partial charge in [0.15, 0.2) is 0 Å². The van der Waals surface area contributed by atoms with E-state index in [1.165, 1.54) is 11.8 Å². The lowest BCUT2D eigenvalue weighted by Gasteiger charge is -2.20. The van der Waals surface area contributed by atoms with Crippen LogP contribution in [0.3, 0.4) is 0 Å². The molecule has 4 aromatic rings. The highest BCUT2D eigenvalue weighted by Gasteiger charge is 2.34. The molecule has 0 spiro atoms. The Kier molecular flexibility index (Phi) is 5.94. The van der Waals surface area contributed by atoms with E-state index in [1.54, 1.807) is 28.9 Å². The molecule has 1 aromatic heterocycles. The Balaban J connectivity index is 1.60. The van der Waals surface area contributed by atoms with E-state index in [2.05, 4.69) is 35.6 Å². The summed E-state index contributed by atoms with van der Waals surface area (Å²) in [5.74, 6) is 0.0670. The number of rotatable bonds is 5. The monoisotopic (exact) mass is 468 g/mol. The molecule has 0 aliphatic carbocycles. The number of carbonyl (C=O) groups excluding carboxylic acids is 1. The maximum Gasteiger partial charge on any atom is 0.240 e. The van der Waals surface area contributed by atoms with Gasteiger partial charge in [-0.05, 0) is 60.4 Å². The maximum absolute atomic E-state index is 12.6. The quantitative estimate of drug-likeness (QED) is 0.384. The average Bonchev–Trinajstić information content (AvgIpc) is 3.50. The van der Waals surface area contributed by atoms with Crippen LogP contribution in [0.1, 0.15) is 30.5 Å². The van der Waals surface area contributed by atoms with Gasteiger partial charge in [0, 0.05) is 35.6 Å². The Hall–Kier alpha value is -3.84. The highest BCUT2D eigenvalue weighted by molar-refractivity contribution is 7.98. The van der Waals surface area contributed by atoms with Crippen molar-refractivity contribution < 1.29 is 9.90 Å². The van der Waals surface area contributed by atoms with Gasteiger partial charge in [0.1, 0.15) is 5.75 Å². The fourth-order valence-corrected chi connectivity index (χ4v) is 4.60. The summed E-state index contributed by atoms with van der Waals surface area (Å²) >= 11 is 1.69. The molecule has 0 bridgehead atoms. The van der Waals surface area contributed by atoms with E-state index in [4.69, 9.17) is 5.10 Å². The van der Waals surface area contributed by atoms with E-state index in [9.17, 15) is 9.90 Å². The van der Waals surface area contributed by atoms with Crippen LogP contribution in [-0.4, -0.2) is 37.8 Å². The third-order valence-electron chi connectivity index (χ3n) is 5.92. The first-order chi connectivity index (χ1) is 16.5. The summed E-state index contributed by atoms with van der Waals surface area (Å²) in [5, 5.41) is 20.8. The Labute approximate surface area is 202 Å². The fourth-order valence-electron chi connectivity index (χ4n) is 4.19. The summed E-state index contributed by atoms with van der Waals surface area (Å²) in [6.07, 6.45) is 4.61. The summed E-state index contributed by atoms with van der Waals surface area (Å²) < 4.78 is 1.87. The summed E-state index contributed by atoms with van der Waals surface area (Å²) in [7, 11) is 0. The lowest BCUT2D eigenvalue weighted by atomic mass is 9.96. The molecule has 7 heteroatoms. The van der Waals surface area contributed by atoms with Crippen LogP contribution < -0.4 is 0 Å². The molecule has 1 aliphatic heterocycles. The number of hydrazone groups is 1. The van der Waals surface area contributed by atoms with Crippen LogP contribution in [0.25, 0.3) is 16.9 Å². The number of phenols is 1. The van der Waals surface area contributed by atoms with E-state index in [0.717, 1.165) is 33.8 Å². The second kappa shape index (κ2) is 9.19. The van der Waals surface area contributed by atoms with Crippen LogP contribution in [0.2, 0.25) is 0 Å². The molecule has 1 amide bonds. The van der Waals surface area contributed by atoms with Crippen LogP contribution >= 0.6 is 11.8 Å². The van der Waals surface area contributed by atoms with Gasteiger partial charge in [0.25, 0.3) is 0 Å². The predicted octanol–water partition coefficient (Wildman–Crippen LogP) is 5.66. The van der Waals surface area contributed by atoms with E-state index >= 15 is 0 Å². The molecule has 34 heavy (non-hydrogen) atoms. The van der Waals surface area contributed by atoms with Crippen molar-refractivity contribution in [3.8, 4) is 22.7 Å². The molecule has 6 nitrogen and oxygen atoms in total. The standard InChI is InChI=1S/C27H24N4O2S/c1-18(32)31-26(16-25(28-31)19-8-12-22(33)13-9-19)24-17-30(21-6-4-3-5-7-21)29-27(24)20-10-14-23(34-2)15-11-20/h3-15,17,26,33H,16H2,1-2H3. The molecule has 2 heterocycles. The summed E-state index contributed by atoms with van der Waals surface area (Å²) in [4.78, 5) is 13.8. The third-order valence-corrected chi connectivity index (χ3v) is 6.66. The first-order valence-electron chi connectivity index (χ1n) is 11.0. The van der Waals surface area contributed by atoms with Crippen LogP contribution in [0, 0.1) is 0 Å². The number of benzene rings is 3. The number of nitrogens with zero attached hydrogens (tertiary/aromatic N) is 4. The van der Waals surface area contributed by atoms with Crippen molar-refractivity contribution in [2.45, 2.75) is 24.3 Å². The minimum atomic E-state index is -0.283. The van der Waals surface area contributed by atoms with Crippen LogP contribution in [0.5, 0.6) is 5.75 Å². The number of aromatic nitrogens is 2. The Morgan fingerprint density at radius 2 is 1.65 bits per heavy atom. The summed E-state index contributed by atoms with van der Waals surface area (Å²) in [6, 6.07) is 24.9. The van der Waals surface area contributed by atoms with Gasteiger partial charge in [-0.2, -0.15) is 10.2 Å². The zero-order valence-electron chi connectivity index (χ0n) is 18.9. The van der Waals surface area contributed by atoms with Gasteiger partial charge in [-0.3, -0.25) is 4.79 Å². The number of phenolic OH excluding ortho intramolecular Hbond substituents is 1. The Morgan fingerprint density at radius 3 is 2.29 bits per heavy atom. The fraction of sp³-hybridized carbons (Fsp3) is 0.148. The van der Waals surface area contributed by atoms with Crippen molar-refractivity contribution in [3.63, 3.8) is 0 Å². The van der Waals surface area contributed by atoms with Crippen molar-refractivity contribution >= 4 is 23.4 Å². The normalized spacial score (nSPS) is 15.4. The first-order valence-corrected chi connectivity index (χ1v) is 12.2. The van der Waals surface area contributed by atoms with Crippen molar-refractivity contribution in [2.75, 3.05) is 6.26 Å². The van der Waals surface area contributed by atoms with Crippen LogP contribution in [-0.2, 0) is 4.79 Å². The molecule has 1 atom stereocenters. The lowest BCUT2D eigenvalue weighted by Crippen LogP contribution is -2.24. The average molecular weight is 469 g/mol. The topological polar surface area (TPSA) is 70.7 Å². The number of hydrogen-bond acceptors (Lipinski definition) is 5. The molecule has 0 fully saturated rings. The van der Waals surface area contributed by atoms with Gasteiger partial charge in [0.05, 0.1) is 23.1 Å². The third kappa shape index (κ3) is 4.22. The highest BCUT2D eigenvalue weighted by atomic mass is 32.2. The van der Waals surface area contributed by atoms with Gasteiger partial charge in [-0.15, -0.1) is 11.8 Å². The molecule has 0 saturated heterocycles. The summed E-state index contributed by atoms with van der Waals surface area (Å²) in [6.45, 7) is 1.53. The Morgan fingerprint density at radius 1 is 0.971 bits per heavy atom. The zero-order valence-corrected chi connectivity index (χ0v) is 19.7. The number of aromatic hydroxyl groups is 1. The van der Waals surface area contributed by atoms with Crippen LogP contribution in [0.15, 0.2) is 95.1 Å². The minimum absolute atomic E-state index is 0.130. The van der Waals surface area contributed by atoms with Crippen molar-refractivity contribution in [2.24, 2.45) is 5.10 Å². The molecule has 1 N–H and O–H groups in total. The van der Waals surface area contributed by atoms with Gasteiger partial charge >= 0.3 is 0 Å². The van der Waals surface area contributed by atoms with Gasteiger partial charge in [-0.25, -0.2) is 9.69 Å². The van der Waals surface area contributed by atoms with E-state index < -0.39 is 0 Å². The van der Waals surface area contributed by atoms with Gasteiger partial charge < -0.3 is 5.11 Å².